The molecule has 0 aliphatic heterocycles. The van der Waals surface area contributed by atoms with Crippen LogP contribution in [0.3, 0.4) is 0 Å². The number of hydrogen-bond donors (Lipinski definition) is 0. The maximum Gasteiger partial charge on any atom is 0.240 e. The van der Waals surface area contributed by atoms with Gasteiger partial charge in [-0.1, -0.05) is 13.3 Å². The summed E-state index contributed by atoms with van der Waals surface area (Å²) in [5.41, 5.74) is 0. The molecule has 0 nitrogen and oxygen atoms in total. The molecule has 0 fully saturated rings. The highest BCUT2D eigenvalue weighted by atomic mass is 35.5. The molecule has 1 unspecified atom stereocenters. The molecule has 0 aliphatic rings. The van der Waals surface area contributed by atoms with E-state index >= 15 is 0 Å². The lowest BCUT2D eigenvalue weighted by atomic mass is 10.6. The summed E-state index contributed by atoms with van der Waals surface area (Å²) >= 11 is 6.66. The molecule has 6 heavy (non-hydrogen) atoms. The Kier molecular flexibility index (Phi) is 10.4. The fourth-order valence-corrected chi connectivity index (χ4v) is 0. The summed E-state index contributed by atoms with van der Waals surface area (Å²) in [7, 11) is 0. The van der Waals surface area contributed by atoms with Crippen molar-refractivity contribution in [2.45, 2.75) is 17.6 Å². The van der Waals surface area contributed by atoms with Crippen LogP contribution in [0.15, 0.2) is 0 Å². The Labute approximate surface area is 58.1 Å². The Morgan fingerprint density at radius 2 is 2.00 bits per heavy atom. The van der Waals surface area contributed by atoms with Crippen molar-refractivity contribution in [2.75, 3.05) is 0 Å². The number of hydrogen-bond acceptors (Lipinski definition) is 0. The largest absolute Gasteiger partial charge is 0.240 e. The summed E-state index contributed by atoms with van der Waals surface area (Å²) in [4.78, 5) is 0. The molecule has 0 heterocycles. The van der Waals surface area contributed by atoms with Crippen LogP contribution in [0, 0.1) is 0 Å². The number of alkyl halides is 1. The monoisotopic (exact) mass is 142 g/mol. The van der Waals surface area contributed by atoms with Crippen LogP contribution in [0.5, 0.6) is 0 Å². The van der Waals surface area contributed by atoms with Gasteiger partial charge in [-0.05, 0) is 4.24 Å². The molecule has 0 spiro atoms. The van der Waals surface area contributed by atoms with Crippen molar-refractivity contribution in [2.24, 2.45) is 0 Å². The lowest BCUT2D eigenvalue weighted by Gasteiger charge is -1.87. The lowest BCUT2D eigenvalue weighted by Crippen LogP contribution is -1.90. The summed E-state index contributed by atoms with van der Waals surface area (Å²) < 4.78 is 0.495. The number of rotatable bonds is 1. The second-order valence-corrected chi connectivity index (χ2v) is 4.06. The molecule has 0 saturated carbocycles. The van der Waals surface area contributed by atoms with Crippen LogP contribution >= 0.6 is 24.0 Å². The van der Waals surface area contributed by atoms with Crippen molar-refractivity contribution in [3.8, 4) is 0 Å². The number of halogens is 2. The molecule has 0 aromatic heterocycles. The molecular weight excluding hydrogens is 134 g/mol. The average molecular weight is 143 g/mol. The van der Waals surface area contributed by atoms with E-state index in [-0.39, 0.29) is 12.4 Å². The van der Waals surface area contributed by atoms with Gasteiger partial charge in [0.15, 0.2) is 0 Å². The predicted molar refractivity (Wildman–Crippen MR) is 35.7 cm³/mol. The molecule has 1 atom stereocenters. The summed E-state index contributed by atoms with van der Waals surface area (Å²) in [6.45, 7) is 2.10. The normalized spacial score (nSPS) is 12.3. The molecule has 0 N–H and O–H groups in total. The summed E-state index contributed by atoms with van der Waals surface area (Å²) in [5.74, 6) is 0. The molecule has 0 saturated heterocycles. The maximum atomic E-state index is 5.52. The first kappa shape index (κ1) is 10.2. The third-order valence-electron chi connectivity index (χ3n) is 0.563. The Balaban J connectivity index is 0. The second kappa shape index (κ2) is 6.11. The quantitative estimate of drug-likeness (QED) is 0.379. The third-order valence-corrected chi connectivity index (χ3v) is 1.69. The van der Waals surface area contributed by atoms with Crippen molar-refractivity contribution < 1.29 is 0 Å². The lowest BCUT2D eigenvalue weighted by molar-refractivity contribution is 1.04. The van der Waals surface area contributed by atoms with E-state index in [2.05, 4.69) is 6.92 Å². The molecule has 0 bridgehead atoms. The van der Waals surface area contributed by atoms with Gasteiger partial charge in [0.25, 0.3) is 0 Å². The van der Waals surface area contributed by atoms with E-state index in [1.54, 1.807) is 0 Å². The van der Waals surface area contributed by atoms with E-state index in [1.807, 2.05) is 0 Å². The van der Waals surface area contributed by atoms with E-state index in [1.165, 1.54) is 0 Å². The second-order valence-electron chi connectivity index (χ2n) is 1.19. The van der Waals surface area contributed by atoms with Gasteiger partial charge >= 0.3 is 0 Å². The Bertz CT molecular complexity index is 22.8. The smallest absolute Gasteiger partial charge is 0.147 e. The van der Waals surface area contributed by atoms with Crippen molar-refractivity contribution in [1.82, 2.24) is 0 Å². The summed E-state index contributed by atoms with van der Waals surface area (Å²) in [6, 6.07) is 0. The van der Waals surface area contributed by atoms with Crippen LogP contribution in [0.2, 0.25) is 0 Å². The van der Waals surface area contributed by atoms with E-state index in [4.69, 9.17) is 11.6 Å². The van der Waals surface area contributed by atoms with Gasteiger partial charge in [0.2, 0.25) is 16.3 Å². The van der Waals surface area contributed by atoms with Gasteiger partial charge < -0.3 is 0 Å². The van der Waals surface area contributed by atoms with Gasteiger partial charge in [-0.3, -0.25) is 0 Å². The average Bonchev–Trinajstić information content (AvgIpc) is 1.38. The van der Waals surface area contributed by atoms with Crippen LogP contribution in [0.25, 0.3) is 0 Å². The first-order valence-corrected chi connectivity index (χ1v) is 3.50. The van der Waals surface area contributed by atoms with E-state index in [0.29, 0.717) is 4.24 Å². The van der Waals surface area contributed by atoms with Crippen LogP contribution in [-0.4, -0.2) is 20.5 Å². The van der Waals surface area contributed by atoms with Crippen molar-refractivity contribution in [3.05, 3.63) is 0 Å². The van der Waals surface area contributed by atoms with Crippen LogP contribution in [-0.2, 0) is 0 Å². The molecule has 0 radical (unpaired) electrons. The van der Waals surface area contributed by atoms with Gasteiger partial charge in [-0.15, -0.1) is 24.0 Å². The first-order valence-electron chi connectivity index (χ1n) is 1.91. The molecule has 0 rings (SSSR count). The molecule has 38 valence electrons. The molecule has 0 aliphatic carbocycles. The fourth-order valence-electron chi connectivity index (χ4n) is 0. The predicted octanol–water partition coefficient (Wildman–Crippen LogP) is 1.02. The summed E-state index contributed by atoms with van der Waals surface area (Å²) in [5, 5.41) is 0. The highest BCUT2D eigenvalue weighted by Gasteiger charge is 1.84. The minimum Gasteiger partial charge on any atom is -0.147 e. The van der Waals surface area contributed by atoms with Gasteiger partial charge in [-0.25, -0.2) is 0 Å². The minimum atomic E-state index is 0. The van der Waals surface area contributed by atoms with Gasteiger partial charge in [0.05, 0.1) is 0 Å². The van der Waals surface area contributed by atoms with Gasteiger partial charge in [0, 0.05) is 0 Å². The van der Waals surface area contributed by atoms with Crippen molar-refractivity contribution >= 4 is 40.3 Å². The first-order chi connectivity index (χ1) is 2.27. The standard InChI is InChI=1S/C3H6Cl.Al.ClH.2H/c1-2-3-4;;;;/h3H,2H2,1H3;;1H;;. The molecular formula is C3H9AlCl2. The molecule has 0 aromatic carbocycles. The van der Waals surface area contributed by atoms with Gasteiger partial charge in [0.1, 0.15) is 0 Å². The molecule has 0 amide bonds. The zero-order chi connectivity index (χ0) is 4.28. The fraction of sp³-hybridized carbons (Fsp3) is 1.00. The Morgan fingerprint density at radius 1 is 1.83 bits per heavy atom. The van der Waals surface area contributed by atoms with Crippen LogP contribution in [0.4, 0.5) is 0 Å². The summed E-state index contributed by atoms with van der Waals surface area (Å²) in [6.07, 6.45) is 1.13. The minimum absolute atomic E-state index is 0. The molecule has 3 heteroatoms. The topological polar surface area (TPSA) is 0 Å². The zero-order valence-electron chi connectivity index (χ0n) is 4.07. The van der Waals surface area contributed by atoms with Crippen LogP contribution < -0.4 is 0 Å². The third kappa shape index (κ3) is 8.93. The van der Waals surface area contributed by atoms with Crippen molar-refractivity contribution in [3.63, 3.8) is 0 Å². The zero-order valence-corrected chi connectivity index (χ0v) is 7.64. The Hall–Kier alpha value is 1.11. The highest BCUT2D eigenvalue weighted by molar-refractivity contribution is 6.40. The van der Waals surface area contributed by atoms with E-state index < -0.39 is 0 Å². The SMILES string of the molecule is CC[CH]([AlH2])Cl.Cl. The maximum absolute atomic E-state index is 5.52. The Morgan fingerprint density at radius 3 is 2.00 bits per heavy atom. The van der Waals surface area contributed by atoms with Crippen molar-refractivity contribution in [1.29, 1.82) is 0 Å². The van der Waals surface area contributed by atoms with Crippen LogP contribution in [0.1, 0.15) is 13.3 Å². The van der Waals surface area contributed by atoms with Gasteiger partial charge in [-0.2, -0.15) is 0 Å². The van der Waals surface area contributed by atoms with E-state index in [0.717, 1.165) is 22.7 Å². The molecule has 0 aromatic rings. The van der Waals surface area contributed by atoms with E-state index in [9.17, 15) is 0 Å². The highest BCUT2D eigenvalue weighted by Crippen LogP contribution is 1.90.